The predicted molar refractivity (Wildman–Crippen MR) is 53.3 cm³/mol. The van der Waals surface area contributed by atoms with Gasteiger partial charge >= 0.3 is 0 Å². The fraction of sp³-hybridized carbons (Fsp3) is 0.300. The highest BCUT2D eigenvalue weighted by Gasteiger charge is 2.03. The zero-order valence-electron chi connectivity index (χ0n) is 7.31. The zero-order chi connectivity index (χ0) is 9.84. The van der Waals surface area contributed by atoms with Gasteiger partial charge in [-0.3, -0.25) is 4.79 Å². The lowest BCUT2D eigenvalue weighted by atomic mass is 10.1. The van der Waals surface area contributed by atoms with Gasteiger partial charge in [0, 0.05) is 10.9 Å². The van der Waals surface area contributed by atoms with E-state index in [1.807, 2.05) is 0 Å². The first-order valence-corrected chi connectivity index (χ1v) is 4.75. The number of rotatable bonds is 3. The summed E-state index contributed by atoms with van der Waals surface area (Å²) in [5.41, 5.74) is 1.53. The van der Waals surface area contributed by atoms with Crippen LogP contribution in [-0.2, 0) is 17.9 Å². The molecule has 3 heteroatoms. The van der Waals surface area contributed by atoms with Gasteiger partial charge < -0.3 is 0 Å². The number of hydrogen-bond acceptors (Lipinski definition) is 1. The molecule has 0 aliphatic carbocycles. The van der Waals surface area contributed by atoms with Gasteiger partial charge in [0.05, 0.1) is 0 Å². The molecule has 0 N–H and O–H groups in total. The van der Waals surface area contributed by atoms with Crippen LogP contribution in [-0.4, -0.2) is 5.78 Å². The minimum Gasteiger partial charge on any atom is -0.300 e. The van der Waals surface area contributed by atoms with Crippen LogP contribution in [0.15, 0.2) is 22.7 Å². The molecule has 1 aromatic rings. The van der Waals surface area contributed by atoms with Gasteiger partial charge in [0.1, 0.15) is 12.5 Å². The topological polar surface area (TPSA) is 17.1 Å². The average Bonchev–Trinajstić information content (AvgIpc) is 2.08. The van der Waals surface area contributed by atoms with Gasteiger partial charge in [-0.1, -0.05) is 28.1 Å². The third-order valence-corrected chi connectivity index (χ3v) is 2.45. The maximum absolute atomic E-state index is 12.2. The molecule has 0 bridgehead atoms. The maximum Gasteiger partial charge on any atom is 0.134 e. The zero-order valence-corrected chi connectivity index (χ0v) is 8.90. The van der Waals surface area contributed by atoms with Crippen LogP contribution in [0, 0.1) is 0 Å². The van der Waals surface area contributed by atoms with E-state index in [0.717, 1.165) is 10.0 Å². The van der Waals surface area contributed by atoms with Crippen LogP contribution in [0.5, 0.6) is 0 Å². The van der Waals surface area contributed by atoms with Crippen molar-refractivity contribution in [2.75, 3.05) is 0 Å². The summed E-state index contributed by atoms with van der Waals surface area (Å²) in [6, 6.07) is 5.18. The van der Waals surface area contributed by atoms with Crippen LogP contribution in [0.25, 0.3) is 0 Å². The number of carbonyl (C=O) groups excluding carboxylic acids is 1. The van der Waals surface area contributed by atoms with E-state index in [9.17, 15) is 9.18 Å². The van der Waals surface area contributed by atoms with Crippen molar-refractivity contribution in [1.29, 1.82) is 0 Å². The molecule has 0 unspecified atom stereocenters. The van der Waals surface area contributed by atoms with Crippen molar-refractivity contribution in [1.82, 2.24) is 0 Å². The van der Waals surface area contributed by atoms with E-state index >= 15 is 0 Å². The van der Waals surface area contributed by atoms with Gasteiger partial charge in [0.15, 0.2) is 0 Å². The van der Waals surface area contributed by atoms with E-state index in [1.165, 1.54) is 6.92 Å². The molecule has 0 aromatic heterocycles. The maximum atomic E-state index is 12.2. The summed E-state index contributed by atoms with van der Waals surface area (Å²) in [5, 5.41) is 0. The van der Waals surface area contributed by atoms with Crippen LogP contribution >= 0.6 is 15.9 Å². The minimum atomic E-state index is -0.473. The molecule has 0 radical (unpaired) electrons. The van der Waals surface area contributed by atoms with Crippen LogP contribution in [0.2, 0.25) is 0 Å². The number of halogens is 2. The quantitative estimate of drug-likeness (QED) is 0.799. The number of benzene rings is 1. The number of carbonyl (C=O) groups is 1. The Hall–Kier alpha value is -0.700. The molecule has 0 heterocycles. The number of alkyl halides is 1. The summed E-state index contributed by atoms with van der Waals surface area (Å²) >= 11 is 3.30. The van der Waals surface area contributed by atoms with Crippen molar-refractivity contribution in [3.63, 3.8) is 0 Å². The second kappa shape index (κ2) is 4.51. The molecule has 1 aromatic carbocycles. The fourth-order valence-electron chi connectivity index (χ4n) is 1.09. The van der Waals surface area contributed by atoms with Crippen molar-refractivity contribution in [2.45, 2.75) is 20.0 Å². The first kappa shape index (κ1) is 10.4. The first-order chi connectivity index (χ1) is 6.13. The molecule has 0 aliphatic heterocycles. The van der Waals surface area contributed by atoms with Crippen molar-refractivity contribution >= 4 is 21.7 Å². The summed E-state index contributed by atoms with van der Waals surface area (Å²) in [4.78, 5) is 10.8. The second-order valence-electron chi connectivity index (χ2n) is 2.94. The van der Waals surface area contributed by atoms with E-state index < -0.39 is 6.67 Å². The Morgan fingerprint density at radius 1 is 1.54 bits per heavy atom. The van der Waals surface area contributed by atoms with Crippen molar-refractivity contribution in [2.24, 2.45) is 0 Å². The molecule has 0 saturated heterocycles. The monoisotopic (exact) mass is 244 g/mol. The molecule has 0 fully saturated rings. The third-order valence-electron chi connectivity index (χ3n) is 1.71. The molecule has 1 rings (SSSR count). The van der Waals surface area contributed by atoms with Gasteiger partial charge in [0.2, 0.25) is 0 Å². The van der Waals surface area contributed by atoms with E-state index in [2.05, 4.69) is 15.9 Å². The largest absolute Gasteiger partial charge is 0.300 e. The van der Waals surface area contributed by atoms with E-state index in [1.54, 1.807) is 18.2 Å². The molecule has 13 heavy (non-hydrogen) atoms. The van der Waals surface area contributed by atoms with E-state index in [-0.39, 0.29) is 5.78 Å². The number of hydrogen-bond donors (Lipinski definition) is 0. The molecule has 0 amide bonds. The summed E-state index contributed by atoms with van der Waals surface area (Å²) < 4.78 is 13.0. The van der Waals surface area contributed by atoms with Gasteiger partial charge in [-0.25, -0.2) is 4.39 Å². The Bertz CT molecular complexity index is 323. The standard InChI is InChI=1S/C10H10BrFO/c1-7(13)4-9-3-2-8(6-12)5-10(9)11/h2-3,5H,4,6H2,1H3. The fourth-order valence-corrected chi connectivity index (χ4v) is 1.65. The normalized spacial score (nSPS) is 10.1. The molecule has 0 saturated carbocycles. The summed E-state index contributed by atoms with van der Waals surface area (Å²) in [6.45, 7) is 1.06. The summed E-state index contributed by atoms with van der Waals surface area (Å²) in [7, 11) is 0. The Balaban J connectivity index is 2.91. The highest BCUT2D eigenvalue weighted by Crippen LogP contribution is 2.19. The van der Waals surface area contributed by atoms with Gasteiger partial charge in [-0.2, -0.15) is 0 Å². The Morgan fingerprint density at radius 2 is 2.23 bits per heavy atom. The van der Waals surface area contributed by atoms with E-state index in [0.29, 0.717) is 12.0 Å². The molecular weight excluding hydrogens is 235 g/mol. The first-order valence-electron chi connectivity index (χ1n) is 3.96. The third kappa shape index (κ3) is 2.92. The Labute approximate surface area is 85.1 Å². The molecule has 0 aliphatic rings. The molecule has 1 nitrogen and oxygen atoms in total. The molecule has 0 atom stereocenters. The highest BCUT2D eigenvalue weighted by atomic mass is 79.9. The van der Waals surface area contributed by atoms with Gasteiger partial charge in [0.25, 0.3) is 0 Å². The number of Topliss-reactive ketones (excluding diaryl/α,β-unsaturated/α-hetero) is 1. The van der Waals surface area contributed by atoms with Crippen molar-refractivity contribution < 1.29 is 9.18 Å². The van der Waals surface area contributed by atoms with E-state index in [4.69, 9.17) is 0 Å². The van der Waals surface area contributed by atoms with Crippen LogP contribution in [0.4, 0.5) is 4.39 Å². The van der Waals surface area contributed by atoms with Gasteiger partial charge in [-0.15, -0.1) is 0 Å². The van der Waals surface area contributed by atoms with Crippen molar-refractivity contribution in [3.05, 3.63) is 33.8 Å². The summed E-state index contributed by atoms with van der Waals surface area (Å²) in [5.74, 6) is 0.105. The van der Waals surface area contributed by atoms with Crippen molar-refractivity contribution in [3.8, 4) is 0 Å². The lowest BCUT2D eigenvalue weighted by Gasteiger charge is -2.03. The molecular formula is C10H10BrFO. The van der Waals surface area contributed by atoms with Crippen LogP contribution < -0.4 is 0 Å². The van der Waals surface area contributed by atoms with Gasteiger partial charge in [-0.05, 0) is 24.1 Å². The molecule has 0 spiro atoms. The number of ketones is 1. The lowest BCUT2D eigenvalue weighted by Crippen LogP contribution is -1.97. The smallest absolute Gasteiger partial charge is 0.134 e. The minimum absolute atomic E-state index is 0.105. The van der Waals surface area contributed by atoms with Crippen LogP contribution in [0.3, 0.4) is 0 Å². The predicted octanol–water partition coefficient (Wildman–Crippen LogP) is 3.05. The average molecular weight is 245 g/mol. The summed E-state index contributed by atoms with van der Waals surface area (Å²) in [6.07, 6.45) is 0.396. The molecule has 70 valence electrons. The Kier molecular flexibility index (Phi) is 3.60. The Morgan fingerprint density at radius 3 is 2.69 bits per heavy atom. The lowest BCUT2D eigenvalue weighted by molar-refractivity contribution is -0.116. The highest BCUT2D eigenvalue weighted by molar-refractivity contribution is 9.10. The SMILES string of the molecule is CC(=O)Cc1ccc(CF)cc1Br. The second-order valence-corrected chi connectivity index (χ2v) is 3.79. The van der Waals surface area contributed by atoms with Crippen LogP contribution in [0.1, 0.15) is 18.1 Å².